The Morgan fingerprint density at radius 3 is 2.75 bits per heavy atom. The van der Waals surface area contributed by atoms with Crippen molar-refractivity contribution in [1.29, 1.82) is 0 Å². The fourth-order valence-electron chi connectivity index (χ4n) is 2.20. The van der Waals surface area contributed by atoms with Gasteiger partial charge in [-0.25, -0.2) is 0 Å². The predicted molar refractivity (Wildman–Crippen MR) is 73.2 cm³/mol. The van der Waals surface area contributed by atoms with Crippen molar-refractivity contribution >= 4 is 11.8 Å². The Kier molecular flexibility index (Phi) is 4.30. The third-order valence-corrected chi connectivity index (χ3v) is 4.64. The second-order valence-corrected chi connectivity index (χ2v) is 6.27. The van der Waals surface area contributed by atoms with Crippen LogP contribution in [0.15, 0.2) is 30.3 Å². The summed E-state index contributed by atoms with van der Waals surface area (Å²) in [5, 5.41) is 4.53. The van der Waals surface area contributed by atoms with Crippen molar-refractivity contribution in [3.8, 4) is 0 Å². The molecule has 0 amide bonds. The van der Waals surface area contributed by atoms with Gasteiger partial charge in [0.25, 0.3) is 0 Å². The maximum absolute atomic E-state index is 3.69. The molecule has 3 atom stereocenters. The Morgan fingerprint density at radius 1 is 1.38 bits per heavy atom. The topological polar surface area (TPSA) is 12.0 Å². The molecule has 88 valence electrons. The molecule has 2 rings (SSSR count). The fraction of sp³-hybridized carbons (Fsp3) is 0.571. The van der Waals surface area contributed by atoms with Crippen LogP contribution in [0.2, 0.25) is 0 Å². The summed E-state index contributed by atoms with van der Waals surface area (Å²) in [6, 6.07) is 11.5. The van der Waals surface area contributed by atoms with Gasteiger partial charge in [-0.2, -0.15) is 11.8 Å². The summed E-state index contributed by atoms with van der Waals surface area (Å²) in [5.74, 6) is 1.89. The standard InChI is InChI=1S/C14H21NS/c1-11(13-6-4-3-5-7-13)9-15-14-8-12(2)16-10-14/h3-7,11-12,14-15H,8-10H2,1-2H3. The molecule has 1 N–H and O–H groups in total. The molecular weight excluding hydrogens is 214 g/mol. The van der Waals surface area contributed by atoms with Gasteiger partial charge in [-0.1, -0.05) is 44.2 Å². The van der Waals surface area contributed by atoms with Crippen molar-refractivity contribution in [3.63, 3.8) is 0 Å². The van der Waals surface area contributed by atoms with E-state index in [0.717, 1.165) is 17.8 Å². The average Bonchev–Trinajstić information content (AvgIpc) is 2.73. The molecule has 0 bridgehead atoms. The summed E-state index contributed by atoms with van der Waals surface area (Å²) in [7, 11) is 0. The minimum atomic E-state index is 0.613. The van der Waals surface area contributed by atoms with Gasteiger partial charge >= 0.3 is 0 Å². The van der Waals surface area contributed by atoms with Gasteiger partial charge < -0.3 is 5.32 Å². The van der Waals surface area contributed by atoms with Crippen LogP contribution >= 0.6 is 11.8 Å². The van der Waals surface area contributed by atoms with Crippen LogP contribution in [-0.4, -0.2) is 23.6 Å². The summed E-state index contributed by atoms with van der Waals surface area (Å²) < 4.78 is 0. The van der Waals surface area contributed by atoms with Crippen molar-refractivity contribution < 1.29 is 0 Å². The summed E-state index contributed by atoms with van der Waals surface area (Å²) in [4.78, 5) is 0. The van der Waals surface area contributed by atoms with Crippen molar-refractivity contribution in [2.24, 2.45) is 0 Å². The lowest BCUT2D eigenvalue weighted by Crippen LogP contribution is -2.32. The molecule has 0 saturated carbocycles. The van der Waals surface area contributed by atoms with Gasteiger partial charge in [0, 0.05) is 23.6 Å². The molecule has 1 aliphatic heterocycles. The van der Waals surface area contributed by atoms with Gasteiger partial charge in [0.2, 0.25) is 0 Å². The van der Waals surface area contributed by atoms with Crippen molar-refractivity contribution in [3.05, 3.63) is 35.9 Å². The predicted octanol–water partition coefficient (Wildman–Crippen LogP) is 3.27. The zero-order valence-electron chi connectivity index (χ0n) is 10.1. The highest BCUT2D eigenvalue weighted by atomic mass is 32.2. The first-order valence-corrected chi connectivity index (χ1v) is 7.20. The monoisotopic (exact) mass is 235 g/mol. The van der Waals surface area contributed by atoms with Crippen LogP contribution in [0, 0.1) is 0 Å². The van der Waals surface area contributed by atoms with Crippen LogP contribution in [0.1, 0.15) is 31.7 Å². The van der Waals surface area contributed by atoms with Crippen molar-refractivity contribution in [2.75, 3.05) is 12.3 Å². The lowest BCUT2D eigenvalue weighted by molar-refractivity contribution is 0.512. The fourth-order valence-corrected chi connectivity index (χ4v) is 3.39. The zero-order valence-corrected chi connectivity index (χ0v) is 11.0. The molecule has 1 aromatic carbocycles. The van der Waals surface area contributed by atoms with E-state index >= 15 is 0 Å². The van der Waals surface area contributed by atoms with Gasteiger partial charge in [-0.3, -0.25) is 0 Å². The molecule has 0 aliphatic carbocycles. The smallest absolute Gasteiger partial charge is 0.0168 e. The molecule has 1 aromatic rings. The normalized spacial score (nSPS) is 26.9. The summed E-state index contributed by atoms with van der Waals surface area (Å²) >= 11 is 2.09. The Bertz CT molecular complexity index is 312. The third-order valence-electron chi connectivity index (χ3n) is 3.28. The largest absolute Gasteiger partial charge is 0.313 e. The Labute approximate surface area is 103 Å². The molecule has 1 aliphatic rings. The van der Waals surface area contributed by atoms with Gasteiger partial charge in [0.1, 0.15) is 0 Å². The molecule has 1 fully saturated rings. The number of hydrogen-bond acceptors (Lipinski definition) is 2. The van der Waals surface area contributed by atoms with Crippen LogP contribution < -0.4 is 5.32 Å². The summed E-state index contributed by atoms with van der Waals surface area (Å²) in [6.45, 7) is 5.72. The number of hydrogen-bond donors (Lipinski definition) is 1. The van der Waals surface area contributed by atoms with E-state index in [2.05, 4.69) is 61.3 Å². The molecule has 0 radical (unpaired) electrons. The second kappa shape index (κ2) is 5.74. The van der Waals surface area contributed by atoms with Crippen LogP contribution in [0.25, 0.3) is 0 Å². The minimum absolute atomic E-state index is 0.613. The SMILES string of the molecule is CC1CC(NCC(C)c2ccccc2)CS1. The van der Waals surface area contributed by atoms with E-state index < -0.39 is 0 Å². The highest BCUT2D eigenvalue weighted by Gasteiger charge is 2.21. The molecule has 1 heterocycles. The van der Waals surface area contributed by atoms with E-state index in [-0.39, 0.29) is 0 Å². The van der Waals surface area contributed by atoms with E-state index in [9.17, 15) is 0 Å². The van der Waals surface area contributed by atoms with E-state index in [1.165, 1.54) is 17.7 Å². The first kappa shape index (κ1) is 12.0. The lowest BCUT2D eigenvalue weighted by Gasteiger charge is -2.17. The number of rotatable bonds is 4. The maximum Gasteiger partial charge on any atom is 0.0168 e. The molecule has 2 heteroatoms. The number of thioether (sulfide) groups is 1. The quantitative estimate of drug-likeness (QED) is 0.859. The third kappa shape index (κ3) is 3.26. The van der Waals surface area contributed by atoms with E-state index in [4.69, 9.17) is 0 Å². The molecular formula is C14H21NS. The van der Waals surface area contributed by atoms with Crippen molar-refractivity contribution in [1.82, 2.24) is 5.32 Å². The van der Waals surface area contributed by atoms with Gasteiger partial charge in [-0.05, 0) is 17.9 Å². The van der Waals surface area contributed by atoms with Gasteiger partial charge in [0.05, 0.1) is 0 Å². The molecule has 0 spiro atoms. The Morgan fingerprint density at radius 2 is 2.12 bits per heavy atom. The van der Waals surface area contributed by atoms with Crippen LogP contribution in [0.4, 0.5) is 0 Å². The molecule has 3 unspecified atom stereocenters. The first-order valence-electron chi connectivity index (χ1n) is 6.15. The molecule has 1 saturated heterocycles. The average molecular weight is 235 g/mol. The zero-order chi connectivity index (χ0) is 11.4. The lowest BCUT2D eigenvalue weighted by atomic mass is 10.0. The van der Waals surface area contributed by atoms with Gasteiger partial charge in [-0.15, -0.1) is 0 Å². The number of benzene rings is 1. The number of nitrogens with one attached hydrogen (secondary N) is 1. The highest BCUT2D eigenvalue weighted by Crippen LogP contribution is 2.26. The summed E-state index contributed by atoms with van der Waals surface area (Å²) in [5.41, 5.74) is 1.44. The maximum atomic E-state index is 3.69. The summed E-state index contributed by atoms with van der Waals surface area (Å²) in [6.07, 6.45) is 1.33. The molecule has 0 aromatic heterocycles. The minimum Gasteiger partial charge on any atom is -0.313 e. The Balaban J connectivity index is 1.78. The van der Waals surface area contributed by atoms with E-state index in [1.54, 1.807) is 0 Å². The van der Waals surface area contributed by atoms with Crippen molar-refractivity contribution in [2.45, 2.75) is 37.5 Å². The van der Waals surface area contributed by atoms with Crippen LogP contribution in [-0.2, 0) is 0 Å². The molecule has 16 heavy (non-hydrogen) atoms. The highest BCUT2D eigenvalue weighted by molar-refractivity contribution is 8.00. The van der Waals surface area contributed by atoms with Crippen LogP contribution in [0.5, 0.6) is 0 Å². The van der Waals surface area contributed by atoms with Crippen LogP contribution in [0.3, 0.4) is 0 Å². The second-order valence-electron chi connectivity index (χ2n) is 4.80. The Hall–Kier alpha value is -0.470. The molecule has 1 nitrogen and oxygen atoms in total. The van der Waals surface area contributed by atoms with E-state index in [1.807, 2.05) is 0 Å². The van der Waals surface area contributed by atoms with Gasteiger partial charge in [0.15, 0.2) is 0 Å². The first-order chi connectivity index (χ1) is 7.75. The van der Waals surface area contributed by atoms with E-state index in [0.29, 0.717) is 5.92 Å².